The van der Waals surface area contributed by atoms with Crippen LogP contribution in [0.2, 0.25) is 5.02 Å². The Hall–Kier alpha value is -1.88. The maximum absolute atomic E-state index is 11.9. The van der Waals surface area contributed by atoms with E-state index in [-0.39, 0.29) is 11.2 Å². The van der Waals surface area contributed by atoms with E-state index in [1.807, 2.05) is 51.1 Å². The van der Waals surface area contributed by atoms with E-state index in [9.17, 15) is 9.90 Å². The molecule has 0 spiro atoms. The molecule has 0 saturated heterocycles. The fourth-order valence-electron chi connectivity index (χ4n) is 2.66. The second kappa shape index (κ2) is 8.00. The third-order valence-corrected chi connectivity index (χ3v) is 4.26. The van der Waals surface area contributed by atoms with Gasteiger partial charge in [-0.05, 0) is 30.5 Å². The van der Waals surface area contributed by atoms with Crippen LogP contribution in [0.5, 0.6) is 11.5 Å². The van der Waals surface area contributed by atoms with Gasteiger partial charge in [-0.2, -0.15) is 0 Å². The zero-order valence-electron chi connectivity index (χ0n) is 14.9. The first-order chi connectivity index (χ1) is 11.7. The van der Waals surface area contributed by atoms with Gasteiger partial charge in [0.05, 0.1) is 11.1 Å². The summed E-state index contributed by atoms with van der Waals surface area (Å²) in [5, 5.41) is 13.8. The van der Waals surface area contributed by atoms with E-state index in [0.717, 1.165) is 0 Å². The molecule has 0 bridgehead atoms. The Kier molecular flexibility index (Phi) is 6.22. The first-order valence-corrected chi connectivity index (χ1v) is 8.54. The maximum atomic E-state index is 11.9. The van der Waals surface area contributed by atoms with Crippen molar-refractivity contribution in [2.24, 2.45) is 5.41 Å². The molecular formula is C20H24ClNO3. The number of aliphatic hydroxyl groups excluding tert-OH is 1. The highest BCUT2D eigenvalue weighted by Crippen LogP contribution is 2.35. The highest BCUT2D eigenvalue weighted by Gasteiger charge is 2.31. The molecule has 0 radical (unpaired) electrons. The number of para-hydroxylation sites is 1. The maximum Gasteiger partial charge on any atom is 0.147 e. The summed E-state index contributed by atoms with van der Waals surface area (Å²) in [5.74, 6) is 1.06. The lowest BCUT2D eigenvalue weighted by molar-refractivity contribution is -0.122. The van der Waals surface area contributed by atoms with Gasteiger partial charge in [0.25, 0.3) is 0 Å². The molecule has 1 unspecified atom stereocenters. The largest absolute Gasteiger partial charge is 0.456 e. The Bertz CT molecular complexity index is 725. The quantitative estimate of drug-likeness (QED) is 0.731. The van der Waals surface area contributed by atoms with Gasteiger partial charge in [0, 0.05) is 5.56 Å². The number of carbonyl (C=O) groups is 1. The molecule has 2 aromatic rings. The average Bonchev–Trinajstić information content (AvgIpc) is 2.54. The van der Waals surface area contributed by atoms with Crippen molar-refractivity contribution in [3.63, 3.8) is 0 Å². The Morgan fingerprint density at radius 2 is 1.76 bits per heavy atom. The number of rotatable bonds is 6. The van der Waals surface area contributed by atoms with Crippen LogP contribution in [-0.4, -0.2) is 16.9 Å². The molecule has 2 aromatic carbocycles. The normalized spacial score (nSPS) is 14.0. The van der Waals surface area contributed by atoms with Gasteiger partial charge in [0.2, 0.25) is 0 Å². The molecule has 0 amide bonds. The van der Waals surface area contributed by atoms with Gasteiger partial charge in [-0.1, -0.05) is 62.7 Å². The summed E-state index contributed by atoms with van der Waals surface area (Å²) in [6.45, 7) is 7.33. The number of hydrogen-bond acceptors (Lipinski definition) is 4. The summed E-state index contributed by atoms with van der Waals surface area (Å²) < 4.78 is 5.78. The second-order valence-electron chi connectivity index (χ2n) is 7.05. The highest BCUT2D eigenvalue weighted by atomic mass is 35.5. The molecule has 2 N–H and O–H groups in total. The molecule has 5 heteroatoms. The summed E-state index contributed by atoms with van der Waals surface area (Å²) in [4.78, 5) is 11.9. The Morgan fingerprint density at radius 3 is 2.32 bits per heavy atom. The van der Waals surface area contributed by atoms with Crippen molar-refractivity contribution >= 4 is 17.4 Å². The molecule has 0 aliphatic heterocycles. The van der Waals surface area contributed by atoms with E-state index < -0.39 is 12.3 Å². The van der Waals surface area contributed by atoms with Crippen LogP contribution in [0.4, 0.5) is 0 Å². The predicted molar refractivity (Wildman–Crippen MR) is 100.0 cm³/mol. The predicted octanol–water partition coefficient (Wildman–Crippen LogP) is 4.72. The van der Waals surface area contributed by atoms with Crippen molar-refractivity contribution in [1.29, 1.82) is 0 Å². The van der Waals surface area contributed by atoms with Gasteiger partial charge in [0.1, 0.15) is 23.5 Å². The standard InChI is InChI=1S/C20H24ClNO3/c1-13(23)18(20(2,3)4)22-19(24)15-11-8-12-16(17(15)21)25-14-9-6-5-7-10-14/h5-12,18-19,22,24H,1-4H3/t18-,19?/m1/s1. The number of ketones is 1. The smallest absolute Gasteiger partial charge is 0.147 e. The van der Waals surface area contributed by atoms with Crippen molar-refractivity contribution in [3.8, 4) is 11.5 Å². The second-order valence-corrected chi connectivity index (χ2v) is 7.43. The summed E-state index contributed by atoms with van der Waals surface area (Å²) >= 11 is 6.42. The Balaban J connectivity index is 2.24. The van der Waals surface area contributed by atoms with E-state index in [1.165, 1.54) is 6.92 Å². The minimum atomic E-state index is -1.08. The Morgan fingerprint density at radius 1 is 1.12 bits per heavy atom. The van der Waals surface area contributed by atoms with Crippen LogP contribution in [0.25, 0.3) is 0 Å². The molecule has 25 heavy (non-hydrogen) atoms. The van der Waals surface area contributed by atoms with Crippen molar-refractivity contribution in [2.45, 2.75) is 40.0 Å². The third-order valence-electron chi connectivity index (χ3n) is 3.86. The molecule has 0 aromatic heterocycles. The van der Waals surface area contributed by atoms with Crippen LogP contribution in [-0.2, 0) is 4.79 Å². The first-order valence-electron chi connectivity index (χ1n) is 8.16. The fraction of sp³-hybridized carbons (Fsp3) is 0.350. The molecule has 2 rings (SSSR count). The lowest BCUT2D eigenvalue weighted by atomic mass is 9.84. The van der Waals surface area contributed by atoms with Crippen LogP contribution < -0.4 is 10.1 Å². The minimum absolute atomic E-state index is 0.0423. The number of nitrogens with one attached hydrogen (secondary N) is 1. The van der Waals surface area contributed by atoms with Crippen LogP contribution in [0.1, 0.15) is 39.5 Å². The monoisotopic (exact) mass is 361 g/mol. The van der Waals surface area contributed by atoms with Crippen LogP contribution >= 0.6 is 11.6 Å². The molecule has 0 saturated carbocycles. The zero-order chi connectivity index (χ0) is 18.6. The number of Topliss-reactive ketones (excluding diaryl/α,β-unsaturated/α-hetero) is 1. The van der Waals surface area contributed by atoms with E-state index in [2.05, 4.69) is 5.32 Å². The lowest BCUT2D eigenvalue weighted by Crippen LogP contribution is -2.47. The number of ether oxygens (including phenoxy) is 1. The number of halogens is 1. The van der Waals surface area contributed by atoms with Gasteiger partial charge in [-0.3, -0.25) is 10.1 Å². The molecule has 0 aliphatic carbocycles. The van der Waals surface area contributed by atoms with E-state index >= 15 is 0 Å². The minimum Gasteiger partial charge on any atom is -0.456 e. The molecule has 0 aliphatic rings. The molecule has 2 atom stereocenters. The van der Waals surface area contributed by atoms with Gasteiger partial charge < -0.3 is 9.84 Å². The molecular weight excluding hydrogens is 338 g/mol. The van der Waals surface area contributed by atoms with E-state index in [1.54, 1.807) is 18.2 Å². The van der Waals surface area contributed by atoms with E-state index in [4.69, 9.17) is 16.3 Å². The van der Waals surface area contributed by atoms with Gasteiger partial charge in [-0.25, -0.2) is 0 Å². The first kappa shape index (κ1) is 19.4. The summed E-state index contributed by atoms with van der Waals surface area (Å²) in [6, 6.07) is 14.0. The van der Waals surface area contributed by atoms with Crippen LogP contribution in [0.3, 0.4) is 0 Å². The van der Waals surface area contributed by atoms with Crippen molar-refractivity contribution in [3.05, 3.63) is 59.1 Å². The highest BCUT2D eigenvalue weighted by molar-refractivity contribution is 6.32. The van der Waals surface area contributed by atoms with E-state index in [0.29, 0.717) is 22.1 Å². The number of benzene rings is 2. The number of aliphatic hydroxyl groups is 1. The van der Waals surface area contributed by atoms with Crippen molar-refractivity contribution < 1.29 is 14.6 Å². The lowest BCUT2D eigenvalue weighted by Gasteiger charge is -2.32. The van der Waals surface area contributed by atoms with Gasteiger partial charge in [0.15, 0.2) is 0 Å². The number of hydrogen-bond donors (Lipinski definition) is 2. The summed E-state index contributed by atoms with van der Waals surface area (Å²) in [6.07, 6.45) is -1.08. The fourth-order valence-corrected chi connectivity index (χ4v) is 2.93. The van der Waals surface area contributed by atoms with Crippen molar-refractivity contribution in [2.75, 3.05) is 0 Å². The van der Waals surface area contributed by atoms with Gasteiger partial charge >= 0.3 is 0 Å². The topological polar surface area (TPSA) is 58.6 Å². The molecule has 0 fully saturated rings. The number of carbonyl (C=O) groups excluding carboxylic acids is 1. The SMILES string of the molecule is CC(=O)[C@@H](NC(O)c1cccc(Oc2ccccc2)c1Cl)C(C)(C)C. The van der Waals surface area contributed by atoms with Crippen LogP contribution in [0.15, 0.2) is 48.5 Å². The summed E-state index contributed by atoms with van der Waals surface area (Å²) in [5.41, 5.74) is 0.128. The van der Waals surface area contributed by atoms with Crippen molar-refractivity contribution in [1.82, 2.24) is 5.32 Å². The Labute approximate surface area is 153 Å². The molecule has 4 nitrogen and oxygen atoms in total. The summed E-state index contributed by atoms with van der Waals surface area (Å²) in [7, 11) is 0. The molecule has 134 valence electrons. The van der Waals surface area contributed by atoms with Gasteiger partial charge in [-0.15, -0.1) is 0 Å². The zero-order valence-corrected chi connectivity index (χ0v) is 15.7. The average molecular weight is 362 g/mol. The third kappa shape index (κ3) is 5.05. The molecule has 0 heterocycles. The van der Waals surface area contributed by atoms with Crippen LogP contribution in [0, 0.1) is 5.41 Å².